The molecule has 0 amide bonds. The molecule has 0 radical (unpaired) electrons. The SMILES string of the molecule is CC(=O)OCSc1ccc(-c2ccc(Oc3ccccc3)cc2)cc1. The molecule has 0 heterocycles. The predicted octanol–water partition coefficient (Wildman–Crippen LogP) is 5.76. The van der Waals surface area contributed by atoms with Crippen LogP contribution in [0.5, 0.6) is 11.5 Å². The molecule has 0 saturated carbocycles. The molecule has 25 heavy (non-hydrogen) atoms. The maximum absolute atomic E-state index is 10.8. The fraction of sp³-hybridized carbons (Fsp3) is 0.0952. The highest BCUT2D eigenvalue weighted by atomic mass is 32.2. The average molecular weight is 350 g/mol. The Morgan fingerprint density at radius 2 is 1.36 bits per heavy atom. The van der Waals surface area contributed by atoms with Crippen molar-refractivity contribution >= 4 is 17.7 Å². The number of carbonyl (C=O) groups is 1. The number of esters is 1. The second kappa shape index (κ2) is 8.40. The van der Waals surface area contributed by atoms with Crippen LogP contribution in [-0.4, -0.2) is 11.9 Å². The minimum absolute atomic E-state index is 0.262. The molecule has 0 saturated heterocycles. The first-order valence-corrected chi connectivity index (χ1v) is 8.89. The fourth-order valence-corrected chi connectivity index (χ4v) is 2.95. The minimum Gasteiger partial charge on any atom is -0.457 e. The Kier molecular flexibility index (Phi) is 5.75. The van der Waals surface area contributed by atoms with Crippen LogP contribution in [0.2, 0.25) is 0 Å². The van der Waals surface area contributed by atoms with Crippen molar-refractivity contribution in [1.82, 2.24) is 0 Å². The van der Waals surface area contributed by atoms with Crippen molar-refractivity contribution in [3.8, 4) is 22.6 Å². The van der Waals surface area contributed by atoms with E-state index in [-0.39, 0.29) is 5.97 Å². The molecule has 3 aromatic carbocycles. The first-order valence-electron chi connectivity index (χ1n) is 7.90. The van der Waals surface area contributed by atoms with Crippen LogP contribution in [0.3, 0.4) is 0 Å². The van der Waals surface area contributed by atoms with Gasteiger partial charge in [-0.25, -0.2) is 0 Å². The summed E-state index contributed by atoms with van der Waals surface area (Å²) in [6.45, 7) is 1.41. The molecule has 0 aliphatic carbocycles. The summed E-state index contributed by atoms with van der Waals surface area (Å²) in [4.78, 5) is 11.8. The largest absolute Gasteiger partial charge is 0.457 e. The van der Waals surface area contributed by atoms with Gasteiger partial charge in [-0.2, -0.15) is 0 Å². The van der Waals surface area contributed by atoms with Crippen molar-refractivity contribution < 1.29 is 14.3 Å². The molecule has 4 heteroatoms. The van der Waals surface area contributed by atoms with Gasteiger partial charge in [-0.1, -0.05) is 54.2 Å². The highest BCUT2D eigenvalue weighted by Gasteiger charge is 2.02. The van der Waals surface area contributed by atoms with E-state index in [1.165, 1.54) is 18.7 Å². The van der Waals surface area contributed by atoms with Crippen molar-refractivity contribution in [2.24, 2.45) is 0 Å². The third kappa shape index (κ3) is 5.13. The van der Waals surface area contributed by atoms with Gasteiger partial charge in [0.2, 0.25) is 0 Å². The van der Waals surface area contributed by atoms with Crippen LogP contribution in [0.25, 0.3) is 11.1 Å². The van der Waals surface area contributed by atoms with Gasteiger partial charge in [0.15, 0.2) is 0 Å². The zero-order valence-electron chi connectivity index (χ0n) is 13.8. The first-order chi connectivity index (χ1) is 12.2. The summed E-state index contributed by atoms with van der Waals surface area (Å²) in [6, 6.07) is 25.9. The number of para-hydroxylation sites is 1. The standard InChI is InChI=1S/C21H18O3S/c1-16(22)23-15-25-21-13-9-18(10-14-21)17-7-11-20(12-8-17)24-19-5-3-2-4-6-19/h2-14H,15H2,1H3. The topological polar surface area (TPSA) is 35.5 Å². The quantitative estimate of drug-likeness (QED) is 0.322. The fourth-order valence-electron chi connectivity index (χ4n) is 2.26. The molecule has 0 bridgehead atoms. The van der Waals surface area contributed by atoms with Crippen molar-refractivity contribution in [2.45, 2.75) is 11.8 Å². The van der Waals surface area contributed by atoms with E-state index in [4.69, 9.17) is 9.47 Å². The van der Waals surface area contributed by atoms with E-state index < -0.39 is 0 Å². The van der Waals surface area contributed by atoms with Crippen LogP contribution in [0.4, 0.5) is 0 Å². The van der Waals surface area contributed by atoms with Crippen LogP contribution in [0.1, 0.15) is 6.92 Å². The van der Waals surface area contributed by atoms with E-state index in [1.54, 1.807) is 0 Å². The second-order valence-corrected chi connectivity index (χ2v) is 6.36. The van der Waals surface area contributed by atoms with Gasteiger partial charge in [0.05, 0.1) is 0 Å². The lowest BCUT2D eigenvalue weighted by molar-refractivity contribution is -0.138. The Morgan fingerprint density at radius 3 is 1.96 bits per heavy atom. The molecule has 0 aromatic heterocycles. The number of carbonyl (C=O) groups excluding carboxylic acids is 1. The van der Waals surface area contributed by atoms with E-state index in [0.717, 1.165) is 27.5 Å². The summed E-state index contributed by atoms with van der Waals surface area (Å²) < 4.78 is 10.7. The van der Waals surface area contributed by atoms with Gasteiger partial charge in [0.1, 0.15) is 17.4 Å². The summed E-state index contributed by atoms with van der Waals surface area (Å²) in [5.74, 6) is 1.70. The minimum atomic E-state index is -0.262. The molecule has 0 aliphatic rings. The lowest BCUT2D eigenvalue weighted by atomic mass is 10.1. The van der Waals surface area contributed by atoms with Crippen LogP contribution in [0.15, 0.2) is 83.8 Å². The van der Waals surface area contributed by atoms with Gasteiger partial charge < -0.3 is 9.47 Å². The van der Waals surface area contributed by atoms with E-state index in [0.29, 0.717) is 5.94 Å². The van der Waals surface area contributed by atoms with Crippen LogP contribution in [-0.2, 0) is 9.53 Å². The van der Waals surface area contributed by atoms with Crippen LogP contribution >= 0.6 is 11.8 Å². The molecule has 126 valence electrons. The number of hydrogen-bond acceptors (Lipinski definition) is 4. The van der Waals surface area contributed by atoms with Gasteiger partial charge in [-0.3, -0.25) is 4.79 Å². The van der Waals surface area contributed by atoms with Crippen LogP contribution < -0.4 is 4.74 Å². The monoisotopic (exact) mass is 350 g/mol. The van der Waals surface area contributed by atoms with Gasteiger partial charge >= 0.3 is 5.97 Å². The number of rotatable bonds is 6. The summed E-state index contributed by atoms with van der Waals surface area (Å²) >= 11 is 1.49. The third-order valence-electron chi connectivity index (χ3n) is 3.51. The smallest absolute Gasteiger partial charge is 0.303 e. The molecule has 0 N–H and O–H groups in total. The Labute approximate surface area is 151 Å². The molecule has 3 aromatic rings. The van der Waals surface area contributed by atoms with Crippen molar-refractivity contribution in [2.75, 3.05) is 5.94 Å². The van der Waals surface area contributed by atoms with E-state index >= 15 is 0 Å². The summed E-state index contributed by atoms with van der Waals surface area (Å²) in [5, 5.41) is 0. The predicted molar refractivity (Wildman–Crippen MR) is 101 cm³/mol. The molecule has 3 rings (SSSR count). The second-order valence-electron chi connectivity index (χ2n) is 5.36. The number of ether oxygens (including phenoxy) is 2. The molecule has 0 unspecified atom stereocenters. The summed E-state index contributed by atoms with van der Waals surface area (Å²) in [6.07, 6.45) is 0. The average Bonchev–Trinajstić information content (AvgIpc) is 2.64. The number of hydrogen-bond donors (Lipinski definition) is 0. The van der Waals surface area contributed by atoms with Crippen molar-refractivity contribution in [1.29, 1.82) is 0 Å². The Hall–Kier alpha value is -2.72. The Balaban J connectivity index is 1.63. The van der Waals surface area contributed by atoms with Gasteiger partial charge in [-0.15, -0.1) is 0 Å². The first kappa shape index (κ1) is 17.1. The molecular formula is C21H18O3S. The molecule has 3 nitrogen and oxygen atoms in total. The number of benzene rings is 3. The maximum atomic E-state index is 10.8. The number of thioether (sulfide) groups is 1. The summed E-state index contributed by atoms with van der Waals surface area (Å²) in [7, 11) is 0. The van der Waals surface area contributed by atoms with Gasteiger partial charge in [0.25, 0.3) is 0 Å². The maximum Gasteiger partial charge on any atom is 0.303 e. The van der Waals surface area contributed by atoms with Crippen LogP contribution in [0, 0.1) is 0 Å². The van der Waals surface area contributed by atoms with E-state index in [2.05, 4.69) is 12.1 Å². The molecule has 0 spiro atoms. The molecular weight excluding hydrogens is 332 g/mol. The zero-order chi connectivity index (χ0) is 17.5. The lowest BCUT2D eigenvalue weighted by Gasteiger charge is -2.08. The van der Waals surface area contributed by atoms with Gasteiger partial charge in [0, 0.05) is 11.8 Å². The van der Waals surface area contributed by atoms with Gasteiger partial charge in [-0.05, 0) is 47.5 Å². The molecule has 0 fully saturated rings. The normalized spacial score (nSPS) is 10.3. The summed E-state index contributed by atoms with van der Waals surface area (Å²) in [5.41, 5.74) is 2.25. The molecule has 0 aliphatic heterocycles. The van der Waals surface area contributed by atoms with E-state index in [9.17, 15) is 4.79 Å². The highest BCUT2D eigenvalue weighted by Crippen LogP contribution is 2.27. The Bertz CT molecular complexity index is 812. The lowest BCUT2D eigenvalue weighted by Crippen LogP contribution is -1.96. The highest BCUT2D eigenvalue weighted by molar-refractivity contribution is 7.99. The zero-order valence-corrected chi connectivity index (χ0v) is 14.7. The molecule has 0 atom stereocenters. The van der Waals surface area contributed by atoms with Crippen molar-refractivity contribution in [3.63, 3.8) is 0 Å². The van der Waals surface area contributed by atoms with Crippen molar-refractivity contribution in [3.05, 3.63) is 78.9 Å². The van der Waals surface area contributed by atoms with E-state index in [1.807, 2.05) is 66.7 Å². The third-order valence-corrected chi connectivity index (χ3v) is 4.35. The Morgan fingerprint density at radius 1 is 0.800 bits per heavy atom.